The molecule has 3 atom stereocenters. The number of nitrogens with one attached hydrogen (secondary N) is 1. The number of amides is 2. The Morgan fingerprint density at radius 3 is 2.13 bits per heavy atom. The van der Waals surface area contributed by atoms with Gasteiger partial charge in [-0.25, -0.2) is 9.59 Å². The number of Topliss-reactive ketones (excluding diaryl/α,β-unsaturated/α-hetero) is 1. The van der Waals surface area contributed by atoms with E-state index in [1.807, 2.05) is 30.3 Å². The number of likely N-dealkylation sites (N-methyl/N-ethyl adjacent to an activating group) is 1. The molecule has 0 aliphatic rings. The highest BCUT2D eigenvalue weighted by atomic mass is 16.6. The van der Waals surface area contributed by atoms with Gasteiger partial charge in [-0.3, -0.25) is 9.59 Å². The zero-order valence-electron chi connectivity index (χ0n) is 18.7. The number of esters is 1. The molecule has 1 aromatic carbocycles. The fraction of sp³-hybridized carbons (Fsp3) is 0.545. The predicted octanol–water partition coefficient (Wildman–Crippen LogP) is 2.70. The maximum Gasteiger partial charge on any atom is 0.408 e. The van der Waals surface area contributed by atoms with Gasteiger partial charge in [-0.1, -0.05) is 30.3 Å². The number of carbonyl (C=O) groups excluding carboxylic acids is 4. The number of nitrogens with zero attached hydrogens (tertiary/aromatic N) is 1. The second-order valence-corrected chi connectivity index (χ2v) is 8.21. The molecule has 0 fully saturated rings. The number of ketones is 1. The van der Waals surface area contributed by atoms with Crippen LogP contribution in [0.2, 0.25) is 0 Å². The minimum Gasteiger partial charge on any atom is -0.459 e. The highest BCUT2D eigenvalue weighted by Crippen LogP contribution is 2.12. The number of ether oxygens (including phenoxy) is 2. The second kappa shape index (κ2) is 10.8. The van der Waals surface area contributed by atoms with Gasteiger partial charge in [0.1, 0.15) is 18.2 Å². The van der Waals surface area contributed by atoms with Crippen molar-refractivity contribution in [2.75, 3.05) is 7.05 Å². The molecular weight excluding hydrogens is 388 g/mol. The van der Waals surface area contributed by atoms with E-state index < -0.39 is 47.4 Å². The van der Waals surface area contributed by atoms with Crippen molar-refractivity contribution < 1.29 is 28.7 Å². The summed E-state index contributed by atoms with van der Waals surface area (Å²) in [4.78, 5) is 50.5. The third-order valence-corrected chi connectivity index (χ3v) is 4.45. The van der Waals surface area contributed by atoms with E-state index in [1.54, 1.807) is 20.8 Å². The van der Waals surface area contributed by atoms with E-state index in [0.717, 1.165) is 5.56 Å². The van der Waals surface area contributed by atoms with Crippen molar-refractivity contribution in [1.29, 1.82) is 0 Å². The van der Waals surface area contributed by atoms with Crippen molar-refractivity contribution in [3.8, 4) is 0 Å². The van der Waals surface area contributed by atoms with Crippen molar-refractivity contribution in [2.24, 2.45) is 5.92 Å². The maximum absolute atomic E-state index is 12.7. The summed E-state index contributed by atoms with van der Waals surface area (Å²) in [6.07, 6.45) is -0.741. The van der Waals surface area contributed by atoms with Gasteiger partial charge < -0.3 is 19.7 Å². The highest BCUT2D eigenvalue weighted by molar-refractivity contribution is 6.04. The van der Waals surface area contributed by atoms with Crippen LogP contribution in [0, 0.1) is 5.92 Å². The topological polar surface area (TPSA) is 102 Å². The number of hydrogen-bond acceptors (Lipinski definition) is 6. The first-order valence-corrected chi connectivity index (χ1v) is 9.84. The number of benzene rings is 1. The van der Waals surface area contributed by atoms with Gasteiger partial charge >= 0.3 is 12.1 Å². The van der Waals surface area contributed by atoms with E-state index in [-0.39, 0.29) is 6.61 Å². The first kappa shape index (κ1) is 25.1. The van der Waals surface area contributed by atoms with Crippen LogP contribution < -0.4 is 5.32 Å². The molecule has 8 heteroatoms. The zero-order chi connectivity index (χ0) is 23.1. The van der Waals surface area contributed by atoms with Crippen LogP contribution in [-0.2, 0) is 30.5 Å². The smallest absolute Gasteiger partial charge is 0.408 e. The van der Waals surface area contributed by atoms with E-state index in [2.05, 4.69) is 5.32 Å². The molecule has 0 radical (unpaired) electrons. The van der Waals surface area contributed by atoms with Crippen LogP contribution in [0.1, 0.15) is 47.1 Å². The molecule has 2 amide bonds. The first-order chi connectivity index (χ1) is 13.8. The molecule has 0 bridgehead atoms. The molecule has 0 aromatic heterocycles. The number of rotatable bonds is 8. The van der Waals surface area contributed by atoms with Crippen LogP contribution in [0.15, 0.2) is 30.3 Å². The standard InChI is InChI=1S/C22H32N2O6/c1-14(18(25)15(2)23-21(28)30-22(4,5)6)19(26)24(7)16(3)20(27)29-13-17-11-9-8-10-12-17/h8-12,14-16H,13H2,1-7H3,(H,23,28)/t14?,15-,16-/m0/s1. The van der Waals surface area contributed by atoms with Crippen LogP contribution in [0.4, 0.5) is 4.79 Å². The molecular formula is C22H32N2O6. The highest BCUT2D eigenvalue weighted by Gasteiger charge is 2.33. The van der Waals surface area contributed by atoms with Gasteiger partial charge in [-0.05, 0) is 47.1 Å². The summed E-state index contributed by atoms with van der Waals surface area (Å²) in [6.45, 7) is 9.67. The van der Waals surface area contributed by atoms with Crippen molar-refractivity contribution in [3.05, 3.63) is 35.9 Å². The molecule has 1 N–H and O–H groups in total. The molecule has 0 aliphatic carbocycles. The van der Waals surface area contributed by atoms with E-state index >= 15 is 0 Å². The monoisotopic (exact) mass is 420 g/mol. The van der Waals surface area contributed by atoms with E-state index in [9.17, 15) is 19.2 Å². The summed E-state index contributed by atoms with van der Waals surface area (Å²) in [6, 6.07) is 7.39. The zero-order valence-corrected chi connectivity index (χ0v) is 18.7. The molecule has 0 saturated carbocycles. The third kappa shape index (κ3) is 7.85. The summed E-state index contributed by atoms with van der Waals surface area (Å²) in [7, 11) is 1.44. The van der Waals surface area contributed by atoms with E-state index in [4.69, 9.17) is 9.47 Å². The van der Waals surface area contributed by atoms with Crippen molar-refractivity contribution in [3.63, 3.8) is 0 Å². The van der Waals surface area contributed by atoms with Crippen molar-refractivity contribution >= 4 is 23.8 Å². The lowest BCUT2D eigenvalue weighted by molar-refractivity contribution is -0.156. The van der Waals surface area contributed by atoms with Crippen molar-refractivity contribution in [2.45, 2.75) is 65.8 Å². The molecule has 1 rings (SSSR count). The quantitative estimate of drug-likeness (QED) is 0.512. The lowest BCUT2D eigenvalue weighted by Crippen LogP contribution is -2.49. The Labute approximate surface area is 177 Å². The van der Waals surface area contributed by atoms with Crippen LogP contribution >= 0.6 is 0 Å². The molecule has 0 spiro atoms. The summed E-state index contributed by atoms with van der Waals surface area (Å²) in [5, 5.41) is 2.43. The summed E-state index contributed by atoms with van der Waals surface area (Å²) < 4.78 is 10.4. The minimum atomic E-state index is -1.05. The number of hydrogen-bond donors (Lipinski definition) is 1. The van der Waals surface area contributed by atoms with Gasteiger partial charge in [-0.2, -0.15) is 0 Å². The lowest BCUT2D eigenvalue weighted by atomic mass is 9.99. The molecule has 1 aromatic rings. The minimum absolute atomic E-state index is 0.0946. The molecule has 8 nitrogen and oxygen atoms in total. The fourth-order valence-electron chi connectivity index (χ4n) is 2.56. The Morgan fingerprint density at radius 2 is 1.60 bits per heavy atom. The van der Waals surface area contributed by atoms with Gasteiger partial charge in [0.25, 0.3) is 0 Å². The summed E-state index contributed by atoms with van der Waals surface area (Å²) in [5.41, 5.74) is 0.127. The molecule has 0 aliphatic heterocycles. The van der Waals surface area contributed by atoms with Crippen molar-refractivity contribution in [1.82, 2.24) is 10.2 Å². The first-order valence-electron chi connectivity index (χ1n) is 9.84. The average Bonchev–Trinajstić information content (AvgIpc) is 2.68. The van der Waals surface area contributed by atoms with E-state index in [0.29, 0.717) is 0 Å². The van der Waals surface area contributed by atoms with Crippen LogP contribution in [0.3, 0.4) is 0 Å². The molecule has 0 saturated heterocycles. The van der Waals surface area contributed by atoms with Crippen LogP contribution in [-0.4, -0.2) is 53.4 Å². The van der Waals surface area contributed by atoms with Crippen LogP contribution in [0.25, 0.3) is 0 Å². The Kier molecular flexibility index (Phi) is 9.01. The Hall–Kier alpha value is -2.90. The normalized spacial score (nSPS) is 14.1. The second-order valence-electron chi connectivity index (χ2n) is 8.21. The lowest BCUT2D eigenvalue weighted by Gasteiger charge is -2.27. The maximum atomic E-state index is 12.7. The molecule has 0 heterocycles. The third-order valence-electron chi connectivity index (χ3n) is 4.45. The van der Waals surface area contributed by atoms with E-state index in [1.165, 1.54) is 32.7 Å². The number of alkyl carbamates (subject to hydrolysis) is 1. The Balaban J connectivity index is 2.62. The van der Waals surface area contributed by atoms with Gasteiger partial charge in [-0.15, -0.1) is 0 Å². The Bertz CT molecular complexity index is 757. The van der Waals surface area contributed by atoms with Gasteiger partial charge in [0, 0.05) is 7.05 Å². The number of carbonyl (C=O) groups is 4. The van der Waals surface area contributed by atoms with Gasteiger partial charge in [0.05, 0.1) is 12.0 Å². The van der Waals surface area contributed by atoms with Gasteiger partial charge in [0.2, 0.25) is 5.91 Å². The summed E-state index contributed by atoms with van der Waals surface area (Å²) >= 11 is 0. The molecule has 30 heavy (non-hydrogen) atoms. The molecule has 166 valence electrons. The summed E-state index contributed by atoms with van der Waals surface area (Å²) in [5.74, 6) is -2.65. The predicted molar refractivity (Wildman–Crippen MR) is 111 cm³/mol. The molecule has 1 unspecified atom stereocenters. The fourth-order valence-corrected chi connectivity index (χ4v) is 2.56. The largest absolute Gasteiger partial charge is 0.459 e. The van der Waals surface area contributed by atoms with Crippen LogP contribution in [0.5, 0.6) is 0 Å². The van der Waals surface area contributed by atoms with Gasteiger partial charge in [0.15, 0.2) is 5.78 Å². The SMILES string of the molecule is CC(C(=O)[C@H](C)NC(=O)OC(C)(C)C)C(=O)N(C)[C@@H](C)C(=O)OCc1ccccc1. The average molecular weight is 421 g/mol. The Morgan fingerprint density at radius 1 is 1.03 bits per heavy atom.